The number of ether oxygens (including phenoxy) is 1. The van der Waals surface area contributed by atoms with Gasteiger partial charge in [0.2, 0.25) is 10.8 Å². The van der Waals surface area contributed by atoms with Gasteiger partial charge in [-0.3, -0.25) is 4.90 Å². The second-order valence-corrected chi connectivity index (χ2v) is 9.18. The highest BCUT2D eigenvalue weighted by molar-refractivity contribution is 7.17. The zero-order valence-corrected chi connectivity index (χ0v) is 18.4. The van der Waals surface area contributed by atoms with Crippen molar-refractivity contribution >= 4 is 16.3 Å². The Kier molecular flexibility index (Phi) is 5.79. The summed E-state index contributed by atoms with van der Waals surface area (Å²) in [4.78, 5) is 8.74. The molecule has 3 atom stereocenters. The number of hydrogen-bond donors (Lipinski definition) is 1. The van der Waals surface area contributed by atoms with Crippen molar-refractivity contribution in [3.8, 4) is 11.6 Å². The Morgan fingerprint density at radius 3 is 2.45 bits per heavy atom. The van der Waals surface area contributed by atoms with Crippen LogP contribution in [0.25, 0.3) is 4.96 Å². The van der Waals surface area contributed by atoms with Crippen LogP contribution in [0.3, 0.4) is 0 Å². The van der Waals surface area contributed by atoms with Crippen molar-refractivity contribution in [1.82, 2.24) is 19.5 Å². The molecule has 29 heavy (non-hydrogen) atoms. The number of aromatic nitrogens is 3. The van der Waals surface area contributed by atoms with Gasteiger partial charge in [-0.15, -0.1) is 5.10 Å². The van der Waals surface area contributed by atoms with E-state index in [0.717, 1.165) is 46.5 Å². The number of thiazole rings is 1. The van der Waals surface area contributed by atoms with Crippen LogP contribution in [0.15, 0.2) is 24.3 Å². The van der Waals surface area contributed by atoms with Crippen molar-refractivity contribution in [2.24, 2.45) is 11.8 Å². The number of nitrogens with zero attached hydrogens (tertiary/aromatic N) is 4. The number of aryl methyl sites for hydroxylation is 1. The van der Waals surface area contributed by atoms with E-state index in [0.29, 0.717) is 18.4 Å². The largest absolute Gasteiger partial charge is 0.494 e. The maximum absolute atomic E-state index is 11.1. The van der Waals surface area contributed by atoms with Gasteiger partial charge < -0.3 is 9.84 Å². The Balaban J connectivity index is 1.77. The Morgan fingerprint density at radius 2 is 1.86 bits per heavy atom. The molecule has 0 spiro atoms. The molecule has 4 rings (SSSR count). The maximum atomic E-state index is 11.1. The fourth-order valence-corrected chi connectivity index (χ4v) is 5.62. The first kappa shape index (κ1) is 20.2. The monoisotopic (exact) mass is 414 g/mol. The molecular formula is C22H30N4O2S. The molecule has 3 aromatic rings. The molecule has 1 aliphatic rings. The minimum absolute atomic E-state index is 0.0190. The molecule has 0 bridgehead atoms. The van der Waals surface area contributed by atoms with E-state index in [2.05, 4.69) is 41.0 Å². The molecule has 1 aromatic carbocycles. The van der Waals surface area contributed by atoms with Crippen molar-refractivity contribution in [3.63, 3.8) is 0 Å². The molecule has 6 nitrogen and oxygen atoms in total. The predicted molar refractivity (Wildman–Crippen MR) is 116 cm³/mol. The Labute approximate surface area is 176 Å². The highest BCUT2D eigenvalue weighted by atomic mass is 32.1. The zero-order valence-electron chi connectivity index (χ0n) is 17.6. The van der Waals surface area contributed by atoms with Gasteiger partial charge in [-0.25, -0.2) is 4.98 Å². The van der Waals surface area contributed by atoms with Crippen molar-refractivity contribution in [1.29, 1.82) is 0 Å². The number of benzene rings is 1. The molecule has 0 amide bonds. The molecule has 0 unspecified atom stereocenters. The second kappa shape index (κ2) is 8.32. The third-order valence-electron chi connectivity index (χ3n) is 5.58. The van der Waals surface area contributed by atoms with Crippen molar-refractivity contribution in [2.45, 2.75) is 46.6 Å². The van der Waals surface area contributed by atoms with Gasteiger partial charge >= 0.3 is 0 Å². The van der Waals surface area contributed by atoms with Crippen LogP contribution in [0.5, 0.6) is 11.6 Å². The highest BCUT2D eigenvalue weighted by Gasteiger charge is 2.33. The molecule has 1 saturated heterocycles. The molecule has 7 heteroatoms. The van der Waals surface area contributed by atoms with Crippen molar-refractivity contribution in [3.05, 3.63) is 40.5 Å². The van der Waals surface area contributed by atoms with Crippen LogP contribution in [0.1, 0.15) is 56.4 Å². The molecule has 0 saturated carbocycles. The summed E-state index contributed by atoms with van der Waals surface area (Å²) >= 11 is 1.54. The van der Waals surface area contributed by atoms with Gasteiger partial charge in [0.05, 0.1) is 17.5 Å². The first-order valence-corrected chi connectivity index (χ1v) is 11.4. The highest BCUT2D eigenvalue weighted by Crippen LogP contribution is 2.42. The summed E-state index contributed by atoms with van der Waals surface area (Å²) in [6, 6.07) is 8.26. The van der Waals surface area contributed by atoms with E-state index in [1.54, 1.807) is 15.9 Å². The van der Waals surface area contributed by atoms with E-state index in [1.165, 1.54) is 6.42 Å². The van der Waals surface area contributed by atoms with Gasteiger partial charge in [0.1, 0.15) is 5.75 Å². The summed E-state index contributed by atoms with van der Waals surface area (Å²) in [7, 11) is 0. The summed E-state index contributed by atoms with van der Waals surface area (Å²) in [5, 5.41) is 15.5. The third-order valence-corrected chi connectivity index (χ3v) is 6.65. The fraction of sp³-hybridized carbons (Fsp3) is 0.545. The van der Waals surface area contributed by atoms with Gasteiger partial charge in [-0.05, 0) is 42.9 Å². The summed E-state index contributed by atoms with van der Waals surface area (Å²) in [5.74, 6) is 3.09. The van der Waals surface area contributed by atoms with Crippen LogP contribution in [-0.4, -0.2) is 44.3 Å². The van der Waals surface area contributed by atoms with E-state index in [4.69, 9.17) is 4.74 Å². The van der Waals surface area contributed by atoms with Gasteiger partial charge in [-0.1, -0.05) is 44.2 Å². The van der Waals surface area contributed by atoms with Crippen LogP contribution in [0.4, 0.5) is 0 Å². The Hall–Kier alpha value is -2.12. The predicted octanol–water partition coefficient (Wildman–Crippen LogP) is 4.52. The van der Waals surface area contributed by atoms with E-state index < -0.39 is 0 Å². The van der Waals surface area contributed by atoms with Crippen LogP contribution in [0, 0.1) is 11.8 Å². The molecule has 0 radical (unpaired) electrons. The summed E-state index contributed by atoms with van der Waals surface area (Å²) < 4.78 is 7.22. The number of aromatic hydroxyl groups is 1. The lowest BCUT2D eigenvalue weighted by Crippen LogP contribution is -2.41. The number of likely N-dealkylation sites (tertiary alicyclic amines) is 1. The van der Waals surface area contributed by atoms with Crippen molar-refractivity contribution < 1.29 is 9.84 Å². The molecule has 1 N–H and O–H groups in total. The van der Waals surface area contributed by atoms with Gasteiger partial charge in [-0.2, -0.15) is 4.52 Å². The zero-order chi connectivity index (χ0) is 20.5. The fourth-order valence-electron chi connectivity index (χ4n) is 4.48. The third kappa shape index (κ3) is 3.98. The second-order valence-electron chi connectivity index (χ2n) is 8.17. The average Bonchev–Trinajstić information content (AvgIpc) is 3.22. The van der Waals surface area contributed by atoms with Crippen LogP contribution >= 0.6 is 11.3 Å². The normalized spacial score (nSPS) is 21.5. The topological polar surface area (TPSA) is 62.9 Å². The summed E-state index contributed by atoms with van der Waals surface area (Å²) in [6.45, 7) is 11.3. The molecule has 1 fully saturated rings. The summed E-state index contributed by atoms with van der Waals surface area (Å²) in [6.07, 6.45) is 2.00. The van der Waals surface area contributed by atoms with E-state index >= 15 is 0 Å². The molecular weight excluding hydrogens is 384 g/mol. The number of rotatable bonds is 6. The van der Waals surface area contributed by atoms with Crippen LogP contribution in [-0.2, 0) is 6.42 Å². The molecule has 0 aliphatic carbocycles. The SMILES string of the molecule is CCOc1ccc([C@H](c2sc3nc(CC)nn3c2O)N2C[C@@H](C)C[C@H](C)C2)cc1. The first-order valence-electron chi connectivity index (χ1n) is 10.5. The van der Waals surface area contributed by atoms with Gasteiger partial charge in [0.25, 0.3) is 0 Å². The molecule has 1 aliphatic heterocycles. The molecule has 156 valence electrons. The Bertz CT molecular complexity index is 955. The maximum Gasteiger partial charge on any atom is 0.230 e. The molecule has 2 aromatic heterocycles. The van der Waals surface area contributed by atoms with Crippen molar-refractivity contribution in [2.75, 3.05) is 19.7 Å². The van der Waals surface area contributed by atoms with E-state index in [1.807, 2.05) is 26.0 Å². The van der Waals surface area contributed by atoms with Crippen LogP contribution < -0.4 is 4.74 Å². The lowest BCUT2D eigenvalue weighted by molar-refractivity contribution is 0.112. The number of hydrogen-bond acceptors (Lipinski definition) is 6. The van der Waals surface area contributed by atoms with E-state index in [-0.39, 0.29) is 11.9 Å². The lowest BCUT2D eigenvalue weighted by atomic mass is 9.89. The quantitative estimate of drug-likeness (QED) is 0.642. The minimum atomic E-state index is -0.0190. The van der Waals surface area contributed by atoms with Gasteiger partial charge in [0, 0.05) is 19.5 Å². The summed E-state index contributed by atoms with van der Waals surface area (Å²) in [5.41, 5.74) is 1.16. The van der Waals surface area contributed by atoms with E-state index in [9.17, 15) is 5.11 Å². The average molecular weight is 415 g/mol. The standard InChI is InChI=1S/C22H30N4O2S/c1-5-18-23-22-26(24-18)21(27)20(29-22)19(25-12-14(3)11-15(4)13-25)16-7-9-17(10-8-16)28-6-2/h7-10,14-15,19,27H,5-6,11-13H2,1-4H3/t14-,15-,19+/m0/s1. The van der Waals surface area contributed by atoms with Gasteiger partial charge in [0.15, 0.2) is 5.82 Å². The minimum Gasteiger partial charge on any atom is -0.494 e. The van der Waals surface area contributed by atoms with Crippen LogP contribution in [0.2, 0.25) is 0 Å². The number of piperidine rings is 1. The lowest BCUT2D eigenvalue weighted by Gasteiger charge is -2.40. The smallest absolute Gasteiger partial charge is 0.230 e. The number of fused-ring (bicyclic) bond motifs is 1. The first-order chi connectivity index (χ1) is 14.0. The Morgan fingerprint density at radius 1 is 1.17 bits per heavy atom. The molecule has 3 heterocycles.